The minimum atomic E-state index is -1.59. The molecule has 19 nitrogen and oxygen atoms in total. The molecule has 3 aliphatic rings. The Balaban J connectivity index is 1.03. The number of hydrogen-bond acceptors (Lipinski definition) is 15. The Morgan fingerprint density at radius 3 is 2.15 bits per heavy atom. The molecule has 384 valence electrons. The van der Waals surface area contributed by atoms with Crippen LogP contribution in [0.3, 0.4) is 0 Å². The number of carbonyl (C=O) groups excluding carboxylic acids is 5. The molecule has 0 spiro atoms. The predicted molar refractivity (Wildman–Crippen MR) is 257 cm³/mol. The molecule has 1 saturated carbocycles. The molecule has 4 heterocycles. The first-order chi connectivity index (χ1) is 35.1. The molecule has 2 saturated heterocycles. The predicted octanol–water partition coefficient (Wildman–Crippen LogP) is 5.73. The number of cyclic esters (lactones) is 1. The lowest BCUT2D eigenvalue weighted by molar-refractivity contribution is -0.178. The number of halogens is 2. The van der Waals surface area contributed by atoms with Crippen LogP contribution >= 0.6 is 0 Å². The highest BCUT2D eigenvalue weighted by Crippen LogP contribution is 2.39. The van der Waals surface area contributed by atoms with Gasteiger partial charge in [-0.05, 0) is 61.4 Å². The molecule has 2 unspecified atom stereocenters. The fraction of sp³-hybridized carbons (Fsp3) is 0.385. The van der Waals surface area contributed by atoms with Crippen LogP contribution in [-0.2, 0) is 51.3 Å². The maximum atomic E-state index is 16.1. The van der Waals surface area contributed by atoms with Crippen LogP contribution in [0.25, 0.3) is 11.0 Å². The molecule has 3 fully saturated rings. The van der Waals surface area contributed by atoms with Gasteiger partial charge in [0.15, 0.2) is 29.1 Å². The van der Waals surface area contributed by atoms with Crippen molar-refractivity contribution in [2.75, 3.05) is 42.6 Å². The Kier molecular flexibility index (Phi) is 16.0. The number of carboxylic acid groups (broad SMARTS) is 1. The molecule has 4 N–H and O–H groups in total. The van der Waals surface area contributed by atoms with Crippen LogP contribution in [0.4, 0.5) is 25.1 Å². The number of carbonyl (C=O) groups is 6. The van der Waals surface area contributed by atoms with Gasteiger partial charge in [0.2, 0.25) is 11.3 Å². The number of hydrogen-bond donors (Lipinski definition) is 3. The fourth-order valence-corrected chi connectivity index (χ4v) is 8.67. The van der Waals surface area contributed by atoms with Crippen molar-refractivity contribution in [1.29, 1.82) is 0 Å². The number of aromatic nitrogens is 2. The number of nitrogens with zero attached hydrogens (tertiary/aromatic N) is 4. The van der Waals surface area contributed by atoms with Crippen molar-refractivity contribution in [1.82, 2.24) is 14.9 Å². The number of piperidine rings is 1. The number of nitrogens with two attached hydrogens (primary N) is 1. The maximum Gasteiger partial charge on any atom is 0.414 e. The average molecular weight is 1010 g/mol. The third-order valence-corrected chi connectivity index (χ3v) is 12.9. The van der Waals surface area contributed by atoms with E-state index in [2.05, 4.69) is 10.3 Å². The van der Waals surface area contributed by atoms with E-state index in [-0.39, 0.29) is 112 Å². The van der Waals surface area contributed by atoms with Gasteiger partial charge >= 0.3 is 30.0 Å². The number of amides is 2. The van der Waals surface area contributed by atoms with Gasteiger partial charge in [0, 0.05) is 51.2 Å². The first-order valence-electron chi connectivity index (χ1n) is 23.9. The summed E-state index contributed by atoms with van der Waals surface area (Å²) in [4.78, 5) is 97.8. The van der Waals surface area contributed by atoms with Crippen molar-refractivity contribution in [2.45, 2.75) is 88.9 Å². The van der Waals surface area contributed by atoms with Gasteiger partial charge in [-0.3, -0.25) is 28.9 Å². The number of esters is 3. The van der Waals surface area contributed by atoms with Crippen LogP contribution in [0.1, 0.15) is 79.4 Å². The Morgan fingerprint density at radius 1 is 0.877 bits per heavy atom. The van der Waals surface area contributed by atoms with Crippen LogP contribution in [0.15, 0.2) is 95.9 Å². The first kappa shape index (κ1) is 51.4. The number of carboxylic acids is 1. The zero-order valence-electron chi connectivity index (χ0n) is 39.8. The van der Waals surface area contributed by atoms with Crippen LogP contribution in [-0.4, -0.2) is 101 Å². The Hall–Kier alpha value is -7.94. The molecule has 5 aromatic rings. The molecule has 73 heavy (non-hydrogen) atoms. The smallest absolute Gasteiger partial charge is 0.414 e. The van der Waals surface area contributed by atoms with Gasteiger partial charge in [-0.15, -0.1) is 0 Å². The molecule has 0 radical (unpaired) electrons. The number of ether oxygens (including phenoxy) is 5. The van der Waals surface area contributed by atoms with E-state index in [9.17, 15) is 38.7 Å². The number of anilines is 2. The van der Waals surface area contributed by atoms with Gasteiger partial charge in [-0.1, -0.05) is 60.7 Å². The van der Waals surface area contributed by atoms with Crippen LogP contribution in [0.2, 0.25) is 0 Å². The molecule has 2 aliphatic heterocycles. The van der Waals surface area contributed by atoms with Crippen molar-refractivity contribution in [2.24, 2.45) is 11.7 Å². The highest BCUT2D eigenvalue weighted by molar-refractivity contribution is 5.95. The number of aromatic carboxylic acids is 1. The summed E-state index contributed by atoms with van der Waals surface area (Å²) < 4.78 is 62.3. The number of pyridine rings is 2. The van der Waals surface area contributed by atoms with Gasteiger partial charge in [-0.2, -0.15) is 0 Å². The van der Waals surface area contributed by atoms with E-state index >= 15 is 8.78 Å². The Bertz CT molecular complexity index is 2930. The lowest BCUT2D eigenvalue weighted by Crippen LogP contribution is -2.52. The molecule has 3 aromatic carbocycles. The highest BCUT2D eigenvalue weighted by atomic mass is 19.1. The van der Waals surface area contributed by atoms with E-state index in [0.717, 1.165) is 17.7 Å². The summed E-state index contributed by atoms with van der Waals surface area (Å²) in [6, 6.07) is 21.3. The summed E-state index contributed by atoms with van der Waals surface area (Å²) in [5.41, 5.74) is 4.86. The number of fused-ring (bicyclic) bond motifs is 1. The fourth-order valence-electron chi connectivity index (χ4n) is 8.67. The van der Waals surface area contributed by atoms with E-state index in [1.165, 1.54) is 30.2 Å². The summed E-state index contributed by atoms with van der Waals surface area (Å²) in [6.45, 7) is 0.697. The maximum absolute atomic E-state index is 16.1. The first-order valence-corrected chi connectivity index (χ1v) is 23.9. The number of nitrogens with one attached hydrogen (secondary N) is 1. The Morgan fingerprint density at radius 2 is 1.53 bits per heavy atom. The molecular formula is C52H54F2N6O13. The molecule has 1 aliphatic carbocycles. The van der Waals surface area contributed by atoms with Crippen LogP contribution < -0.4 is 31.0 Å². The normalized spacial score (nSPS) is 17.0. The van der Waals surface area contributed by atoms with E-state index < -0.39 is 82.9 Å². The largest absolute Gasteiger partial charge is 0.486 e. The highest BCUT2D eigenvalue weighted by Gasteiger charge is 2.44. The van der Waals surface area contributed by atoms with Gasteiger partial charge in [0.05, 0.1) is 24.2 Å². The third-order valence-electron chi connectivity index (χ3n) is 12.9. The van der Waals surface area contributed by atoms with Crippen LogP contribution in [0, 0.1) is 17.6 Å². The topological polar surface area (TPSA) is 248 Å². The summed E-state index contributed by atoms with van der Waals surface area (Å²) in [7, 11) is 0. The number of benzene rings is 3. The molecule has 21 heteroatoms. The quantitative estimate of drug-likeness (QED) is 0.0451. The monoisotopic (exact) mass is 1010 g/mol. The minimum absolute atomic E-state index is 0.00288. The lowest BCUT2D eigenvalue weighted by Gasteiger charge is -2.41. The van der Waals surface area contributed by atoms with Gasteiger partial charge in [0.25, 0.3) is 0 Å². The van der Waals surface area contributed by atoms with Gasteiger partial charge in [-0.25, -0.2) is 23.4 Å². The summed E-state index contributed by atoms with van der Waals surface area (Å²) in [6.07, 6.45) is 0.991. The second kappa shape index (κ2) is 22.6. The molecule has 2 aromatic heterocycles. The number of rotatable bonds is 21. The standard InChI is InChI=1S/C52H54F2N6O13/c1-31(61)56-25-36-26-60(51(68)72-36)35-17-18-43(40(53)23-35)71-30-52(19-21-58(22-20-52)46-41(54)24-38-44(62)39(47(63)64)27-59(34-15-16-34)45(38)57-46)73-49(66)37(48(65)69-28-32-9-4-2-5-10-32)13-8-14-42(55)50(67)70-29-33-11-6-3-7-12-33/h2-7,9-12,17-18,23-24,27,34,36-37,42H,8,13-16,19-22,25-26,28-30,55H2,1H3,(H,56,61)(H,63,64)/t36-,37?,42?/m0/s1. The van der Waals surface area contributed by atoms with E-state index in [1.807, 2.05) is 6.07 Å². The molecular weight excluding hydrogens is 955 g/mol. The van der Waals surface area contributed by atoms with Crippen molar-refractivity contribution in [3.63, 3.8) is 0 Å². The SMILES string of the molecule is CC(=O)NC[C@H]1CN(c2ccc(OCC3(OC(=O)C(CCCC(N)C(=O)OCc4ccccc4)C(=O)OCc4ccccc4)CCN(c4nc5c(cc4F)c(=O)c(C(=O)O)cn5C4CC4)CC3)c(F)c2)C(=O)O1. The van der Waals surface area contributed by atoms with Crippen molar-refractivity contribution < 1.29 is 66.3 Å². The zero-order chi connectivity index (χ0) is 51.8. The summed E-state index contributed by atoms with van der Waals surface area (Å²) in [5.74, 6) is -8.12. The van der Waals surface area contributed by atoms with Gasteiger partial charge in [0.1, 0.15) is 48.8 Å². The van der Waals surface area contributed by atoms with E-state index in [4.69, 9.17) is 29.4 Å². The average Bonchev–Trinajstić information content (AvgIpc) is 4.16. The second-order valence-electron chi connectivity index (χ2n) is 18.3. The molecule has 0 bridgehead atoms. The minimum Gasteiger partial charge on any atom is -0.486 e. The van der Waals surface area contributed by atoms with E-state index in [0.29, 0.717) is 18.4 Å². The van der Waals surface area contributed by atoms with Crippen molar-refractivity contribution in [3.05, 3.63) is 130 Å². The Labute approximate surface area is 417 Å². The zero-order valence-corrected chi connectivity index (χ0v) is 39.8. The molecule has 2 amide bonds. The van der Waals surface area contributed by atoms with Gasteiger partial charge < -0.3 is 49.3 Å². The lowest BCUT2D eigenvalue weighted by atomic mass is 9.91. The molecule has 3 atom stereocenters. The third kappa shape index (κ3) is 12.6. The second-order valence-corrected chi connectivity index (χ2v) is 18.3. The summed E-state index contributed by atoms with van der Waals surface area (Å²) >= 11 is 0. The molecule has 8 rings (SSSR count). The van der Waals surface area contributed by atoms with Crippen LogP contribution in [0.5, 0.6) is 5.75 Å². The summed E-state index contributed by atoms with van der Waals surface area (Å²) in [5, 5.41) is 12.1. The van der Waals surface area contributed by atoms with Crippen molar-refractivity contribution in [3.8, 4) is 5.75 Å². The van der Waals surface area contributed by atoms with E-state index in [1.54, 1.807) is 64.1 Å². The van der Waals surface area contributed by atoms with Crippen molar-refractivity contribution >= 4 is 58.4 Å².